The monoisotopic (exact) mass is 1050 g/mol. The summed E-state index contributed by atoms with van der Waals surface area (Å²) in [5, 5.41) is 8.60. The second-order valence-electron chi connectivity index (χ2n) is 21.6. The fourth-order valence-corrected chi connectivity index (χ4v) is 9.99. The quantitative estimate of drug-likeness (QED) is 0.0549. The third-order valence-electron chi connectivity index (χ3n) is 14.0. The first-order valence-electron chi connectivity index (χ1n) is 26.6. The van der Waals surface area contributed by atoms with E-state index in [9.17, 15) is 38.4 Å². The van der Waals surface area contributed by atoms with Crippen LogP contribution in [0.5, 0.6) is 0 Å². The molecule has 2 heterocycles. The molecule has 0 bridgehead atoms. The number of hydrogen-bond donors (Lipinski definition) is 3. The Balaban J connectivity index is 1.32. The van der Waals surface area contributed by atoms with Crippen LogP contribution in [0.1, 0.15) is 112 Å². The topological polar surface area (TPSA) is 238 Å². The number of esters is 1. The Bertz CT molecular complexity index is 2070. The van der Waals surface area contributed by atoms with E-state index in [0.717, 1.165) is 36.1 Å². The number of carbonyl (C=O) groups excluding carboxylic acids is 8. The smallest absolute Gasteiger partial charge is 0.329 e. The summed E-state index contributed by atoms with van der Waals surface area (Å²) in [6.45, 7) is 15.7. The van der Waals surface area contributed by atoms with Crippen LogP contribution in [0, 0.1) is 17.8 Å². The number of imide groups is 1. The van der Waals surface area contributed by atoms with Gasteiger partial charge in [-0.25, -0.2) is 4.79 Å². The van der Waals surface area contributed by atoms with Gasteiger partial charge in [-0.05, 0) is 77.7 Å². The first kappa shape index (κ1) is 62.3. The third kappa shape index (κ3) is 19.1. The van der Waals surface area contributed by atoms with Gasteiger partial charge < -0.3 is 54.2 Å². The average Bonchev–Trinajstić information content (AvgIpc) is 4.14. The molecule has 4 rings (SSSR count). The van der Waals surface area contributed by atoms with Gasteiger partial charge in [0.1, 0.15) is 23.2 Å². The average molecular weight is 1060 g/mol. The van der Waals surface area contributed by atoms with Crippen LogP contribution >= 0.6 is 0 Å². The van der Waals surface area contributed by atoms with Gasteiger partial charge >= 0.3 is 5.97 Å². The minimum atomic E-state index is -1.39. The van der Waals surface area contributed by atoms with Crippen molar-refractivity contribution in [3.8, 4) is 0 Å². The maximum absolute atomic E-state index is 14.7. The largest absolute Gasteiger partial charge is 0.458 e. The van der Waals surface area contributed by atoms with Crippen molar-refractivity contribution < 1.29 is 66.8 Å². The Labute approximate surface area is 444 Å². The number of likely N-dealkylation sites (N-methyl/N-ethyl adjacent to an activating group) is 1. The zero-order valence-electron chi connectivity index (χ0n) is 46.3. The molecule has 0 spiro atoms. The van der Waals surface area contributed by atoms with Crippen molar-refractivity contribution in [1.82, 2.24) is 30.7 Å². The van der Waals surface area contributed by atoms with Crippen molar-refractivity contribution in [3.63, 3.8) is 0 Å². The van der Waals surface area contributed by atoms with E-state index in [1.165, 1.54) is 26.4 Å². The summed E-state index contributed by atoms with van der Waals surface area (Å²) in [6, 6.07) is 6.49. The van der Waals surface area contributed by atoms with Gasteiger partial charge in [0.25, 0.3) is 11.8 Å². The van der Waals surface area contributed by atoms with E-state index in [1.807, 2.05) is 44.2 Å². The van der Waals surface area contributed by atoms with Crippen LogP contribution in [0.3, 0.4) is 0 Å². The number of amides is 7. The van der Waals surface area contributed by atoms with Gasteiger partial charge in [0.2, 0.25) is 29.5 Å². The zero-order valence-corrected chi connectivity index (χ0v) is 46.3. The molecule has 0 aromatic heterocycles. The molecule has 1 saturated carbocycles. The van der Waals surface area contributed by atoms with Crippen LogP contribution in [0.4, 0.5) is 0 Å². The number of nitrogens with zero attached hydrogens (tertiary/aromatic N) is 3. The van der Waals surface area contributed by atoms with E-state index in [-0.39, 0.29) is 101 Å². The highest BCUT2D eigenvalue weighted by molar-refractivity contribution is 6.12. The molecule has 7 amide bonds. The lowest BCUT2D eigenvalue weighted by atomic mass is 9.88. The minimum absolute atomic E-state index is 0.0213. The van der Waals surface area contributed by atoms with E-state index < -0.39 is 77.1 Å². The van der Waals surface area contributed by atoms with Gasteiger partial charge in [-0.15, -0.1) is 0 Å². The van der Waals surface area contributed by atoms with E-state index >= 15 is 0 Å². The van der Waals surface area contributed by atoms with Crippen LogP contribution in [-0.2, 0) is 73.2 Å². The molecule has 20 heteroatoms. The normalized spacial score (nSPS) is 18.6. The fourth-order valence-electron chi connectivity index (χ4n) is 9.99. The van der Waals surface area contributed by atoms with Gasteiger partial charge in [0, 0.05) is 52.8 Å². The second kappa shape index (κ2) is 29.9. The molecule has 3 N–H and O–H groups in total. The number of carbonyl (C=O) groups is 8. The Hall–Kier alpha value is -5.28. The molecule has 75 heavy (non-hydrogen) atoms. The lowest BCUT2D eigenvalue weighted by molar-refractivity contribution is -0.159. The summed E-state index contributed by atoms with van der Waals surface area (Å²) >= 11 is 0. The lowest BCUT2D eigenvalue weighted by Crippen LogP contribution is -2.62. The van der Waals surface area contributed by atoms with E-state index in [0.29, 0.717) is 19.4 Å². The third-order valence-corrected chi connectivity index (χ3v) is 14.0. The highest BCUT2D eigenvalue weighted by atomic mass is 16.6. The number of hydrogen-bond acceptors (Lipinski definition) is 14. The molecule has 1 aromatic carbocycles. The molecule has 7 atom stereocenters. The Morgan fingerprint density at radius 2 is 1.37 bits per heavy atom. The summed E-state index contributed by atoms with van der Waals surface area (Å²) in [6.07, 6.45) is 6.03. The van der Waals surface area contributed by atoms with Crippen molar-refractivity contribution in [2.24, 2.45) is 17.8 Å². The molecular weight excluding hydrogens is 969 g/mol. The highest BCUT2D eigenvalue weighted by Gasteiger charge is 2.45. The molecule has 20 nitrogen and oxygen atoms in total. The summed E-state index contributed by atoms with van der Waals surface area (Å²) in [4.78, 5) is 111. The Kier molecular flexibility index (Phi) is 24.8. The van der Waals surface area contributed by atoms with Crippen LogP contribution in [0.15, 0.2) is 42.5 Å². The summed E-state index contributed by atoms with van der Waals surface area (Å²) in [7, 11) is 4.75. The van der Waals surface area contributed by atoms with Gasteiger partial charge in [-0.1, -0.05) is 63.9 Å². The predicted octanol–water partition coefficient (Wildman–Crippen LogP) is 3.52. The van der Waals surface area contributed by atoms with Crippen molar-refractivity contribution in [2.75, 3.05) is 74.0 Å². The number of benzene rings is 1. The lowest BCUT2D eigenvalue weighted by Gasteiger charge is -2.41. The molecular formula is C55H86N6O14. The number of likely N-dealkylation sites (tertiary alicyclic amines) is 1. The maximum Gasteiger partial charge on any atom is 0.329 e. The standard InChI is InChI=1S/C55H86N6O14/c1-36(2)47(57-53(69)55(7,8)58-43(62)25-28-72-30-32-74-33-31-73-29-27-61-44(63)23-24-45(61)64)51(67)59(9)48(39-20-15-16-21-39)42(70-10)35-46(65)60-26-17-22-41(60)49(71-11)37(3)50(66)56-40(52(68)75-54(4,5)6)34-38-18-13-12-14-19-38/h12-14,18-19,23-24,36-37,39-42,47-49H,15-17,20-22,25-35H2,1-11H3,(H,56,66)(H,57,69)(H,58,62). The first-order valence-corrected chi connectivity index (χ1v) is 26.6. The van der Waals surface area contributed by atoms with Crippen LogP contribution in [0.25, 0.3) is 0 Å². The summed E-state index contributed by atoms with van der Waals surface area (Å²) in [5.74, 6) is -4.29. The van der Waals surface area contributed by atoms with E-state index in [4.69, 9.17) is 28.4 Å². The molecule has 1 aliphatic carbocycles. The minimum Gasteiger partial charge on any atom is -0.458 e. The molecule has 1 aromatic rings. The van der Waals surface area contributed by atoms with Crippen LogP contribution in [0.2, 0.25) is 0 Å². The SMILES string of the molecule is COC(CC(=O)N1CCCC1C(OC)C(C)C(=O)NC(Cc1ccccc1)C(=O)OC(C)(C)C)C(C1CCCC1)N(C)C(=O)C(NC(=O)C(C)(C)NC(=O)CCOCCOCCOCCN1C(=O)C=CC1=O)C(C)C. The zero-order chi connectivity index (χ0) is 55.5. The summed E-state index contributed by atoms with van der Waals surface area (Å²) < 4.78 is 34.3. The molecule has 420 valence electrons. The summed E-state index contributed by atoms with van der Waals surface area (Å²) in [5.41, 5.74) is -1.31. The number of methoxy groups -OCH3 is 2. The number of nitrogens with one attached hydrogen (secondary N) is 3. The van der Waals surface area contributed by atoms with Crippen molar-refractivity contribution in [3.05, 3.63) is 48.0 Å². The van der Waals surface area contributed by atoms with Crippen LogP contribution in [-0.4, -0.2) is 184 Å². The Morgan fingerprint density at radius 1 is 0.773 bits per heavy atom. The molecule has 7 unspecified atom stereocenters. The van der Waals surface area contributed by atoms with E-state index in [1.54, 1.807) is 58.4 Å². The van der Waals surface area contributed by atoms with Crippen molar-refractivity contribution >= 4 is 47.3 Å². The highest BCUT2D eigenvalue weighted by Crippen LogP contribution is 2.35. The van der Waals surface area contributed by atoms with Gasteiger partial charge in [-0.3, -0.25) is 38.5 Å². The fraction of sp³-hybridized carbons (Fsp3) is 0.709. The van der Waals surface area contributed by atoms with Gasteiger partial charge in [0.15, 0.2) is 0 Å². The molecule has 3 aliphatic rings. The molecule has 2 aliphatic heterocycles. The number of rotatable bonds is 31. The van der Waals surface area contributed by atoms with Gasteiger partial charge in [0.05, 0.1) is 82.8 Å². The predicted molar refractivity (Wildman–Crippen MR) is 278 cm³/mol. The number of ether oxygens (including phenoxy) is 6. The maximum atomic E-state index is 14.7. The van der Waals surface area contributed by atoms with Crippen LogP contribution < -0.4 is 16.0 Å². The van der Waals surface area contributed by atoms with Crippen molar-refractivity contribution in [1.29, 1.82) is 0 Å². The van der Waals surface area contributed by atoms with Gasteiger partial charge in [-0.2, -0.15) is 0 Å². The second-order valence-corrected chi connectivity index (χ2v) is 21.6. The molecule has 2 fully saturated rings. The first-order chi connectivity index (χ1) is 35.5. The Morgan fingerprint density at radius 3 is 1.95 bits per heavy atom. The van der Waals surface area contributed by atoms with Crippen molar-refractivity contribution in [2.45, 2.75) is 161 Å². The van der Waals surface area contributed by atoms with E-state index in [2.05, 4.69) is 16.0 Å². The molecule has 0 radical (unpaired) electrons. The molecule has 1 saturated heterocycles.